The van der Waals surface area contributed by atoms with Crippen LogP contribution in [0.15, 0.2) is 0 Å². The summed E-state index contributed by atoms with van der Waals surface area (Å²) in [6.07, 6.45) is 1.83. The van der Waals surface area contributed by atoms with Crippen LogP contribution in [0.3, 0.4) is 0 Å². The van der Waals surface area contributed by atoms with Crippen LogP contribution in [0.2, 0.25) is 0 Å². The zero-order valence-corrected chi connectivity index (χ0v) is 13.3. The third-order valence-electron chi connectivity index (χ3n) is 2.70. The van der Waals surface area contributed by atoms with Crippen LogP contribution in [-0.4, -0.2) is 40.8 Å². The monoisotopic (exact) mass is 326 g/mol. The van der Waals surface area contributed by atoms with Crippen LogP contribution < -0.4 is 16.4 Å². The second-order valence-corrected chi connectivity index (χ2v) is 4.63. The average molecular weight is 326 g/mol. The smallest absolute Gasteiger partial charge is 0.412 e. The summed E-state index contributed by atoms with van der Waals surface area (Å²) in [5.74, 6) is -0.164. The number of anilines is 3. The lowest BCUT2D eigenvalue weighted by molar-refractivity contribution is 0.158. The number of nitrogen functional groups attached to an aromatic ring is 1. The van der Waals surface area contributed by atoms with Crippen molar-refractivity contribution >= 4 is 29.5 Å². The number of nitrogens with zero attached hydrogens (tertiary/aromatic N) is 3. The summed E-state index contributed by atoms with van der Waals surface area (Å²) in [5.41, 5.74) is 5.65. The number of nitrogens with two attached hydrogens (primary N) is 1. The van der Waals surface area contributed by atoms with Crippen LogP contribution in [0.5, 0.6) is 0 Å². The van der Waals surface area contributed by atoms with Crippen molar-refractivity contribution in [2.75, 3.05) is 29.6 Å². The average Bonchev–Trinajstić information content (AvgIpc) is 2.51. The number of ether oxygens (including phenoxy) is 2. The van der Waals surface area contributed by atoms with Crippen molar-refractivity contribution in [3.8, 4) is 0 Å². The predicted molar refractivity (Wildman–Crippen MR) is 84.0 cm³/mol. The van der Waals surface area contributed by atoms with Gasteiger partial charge >= 0.3 is 12.2 Å². The minimum atomic E-state index is -0.722. The van der Waals surface area contributed by atoms with Gasteiger partial charge in [0.05, 0.1) is 13.2 Å². The normalized spacial score (nSPS) is 10.0. The first kappa shape index (κ1) is 18.4. The molecule has 0 aliphatic rings. The van der Waals surface area contributed by atoms with Gasteiger partial charge in [0.2, 0.25) is 0 Å². The minimum Gasteiger partial charge on any atom is -0.449 e. The van der Waals surface area contributed by atoms with Crippen LogP contribution in [-0.2, 0) is 9.47 Å². The summed E-state index contributed by atoms with van der Waals surface area (Å²) in [6, 6.07) is 0. The van der Waals surface area contributed by atoms with Gasteiger partial charge in [0.15, 0.2) is 11.6 Å². The summed E-state index contributed by atoms with van der Waals surface area (Å²) >= 11 is 0. The van der Waals surface area contributed by atoms with Gasteiger partial charge < -0.3 is 15.2 Å². The molecule has 128 valence electrons. The van der Waals surface area contributed by atoms with Crippen molar-refractivity contribution < 1.29 is 19.1 Å². The lowest BCUT2D eigenvalue weighted by atomic mass is 10.4. The molecule has 0 aromatic carbocycles. The van der Waals surface area contributed by atoms with Crippen molar-refractivity contribution in [1.29, 1.82) is 0 Å². The van der Waals surface area contributed by atoms with E-state index in [-0.39, 0.29) is 30.5 Å². The maximum absolute atomic E-state index is 11.7. The largest absolute Gasteiger partial charge is 0.449 e. The lowest BCUT2D eigenvalue weighted by Crippen LogP contribution is -2.21. The molecule has 1 heterocycles. The van der Waals surface area contributed by atoms with Crippen LogP contribution in [0.1, 0.15) is 39.5 Å². The molecule has 0 spiro atoms. The summed E-state index contributed by atoms with van der Waals surface area (Å²) in [4.78, 5) is 23.3. The molecular formula is C13H22N6O4. The molecule has 0 radical (unpaired) electrons. The van der Waals surface area contributed by atoms with Gasteiger partial charge in [-0.3, -0.25) is 10.6 Å². The Morgan fingerprint density at radius 1 is 1.00 bits per heavy atom. The zero-order chi connectivity index (χ0) is 17.1. The minimum absolute atomic E-state index is 0.00828. The van der Waals surface area contributed by atoms with E-state index in [1.165, 1.54) is 0 Å². The first-order valence-electron chi connectivity index (χ1n) is 7.44. The van der Waals surface area contributed by atoms with Gasteiger partial charge in [-0.15, -0.1) is 10.2 Å². The maximum Gasteiger partial charge on any atom is 0.412 e. The summed E-state index contributed by atoms with van der Waals surface area (Å²) < 4.78 is 9.90. The van der Waals surface area contributed by atoms with Crippen molar-refractivity contribution in [3.63, 3.8) is 0 Å². The highest BCUT2D eigenvalue weighted by atomic mass is 16.6. The third kappa shape index (κ3) is 6.76. The van der Waals surface area contributed by atoms with Gasteiger partial charge in [-0.25, -0.2) is 9.59 Å². The van der Waals surface area contributed by atoms with E-state index in [1.807, 2.05) is 13.8 Å². The van der Waals surface area contributed by atoms with Crippen LogP contribution in [0.4, 0.5) is 26.9 Å². The molecule has 0 unspecified atom stereocenters. The molecule has 10 heteroatoms. The number of nitrogens with one attached hydrogen (secondary N) is 2. The third-order valence-corrected chi connectivity index (χ3v) is 2.70. The van der Waals surface area contributed by atoms with Crippen LogP contribution in [0.25, 0.3) is 0 Å². The molecule has 0 saturated carbocycles. The number of amides is 2. The van der Waals surface area contributed by atoms with Crippen molar-refractivity contribution in [3.05, 3.63) is 0 Å². The molecule has 1 rings (SSSR count). The van der Waals surface area contributed by atoms with Gasteiger partial charge in [0.1, 0.15) is 5.69 Å². The van der Waals surface area contributed by atoms with E-state index in [1.54, 1.807) is 0 Å². The SMILES string of the molecule is CCCCOC(=O)Nc1nnnc(N)c1NC(=O)OCCCC. The number of hydrogen-bond donors (Lipinski definition) is 3. The summed E-state index contributed by atoms with van der Waals surface area (Å²) in [5, 5.41) is 15.3. The quantitative estimate of drug-likeness (QED) is 0.617. The molecule has 0 atom stereocenters. The van der Waals surface area contributed by atoms with Gasteiger partial charge in [0, 0.05) is 0 Å². The molecule has 2 amide bonds. The number of rotatable bonds is 8. The molecule has 0 fully saturated rings. The fraction of sp³-hybridized carbons (Fsp3) is 0.615. The first-order chi connectivity index (χ1) is 11.1. The topological polar surface area (TPSA) is 141 Å². The standard InChI is InChI=1S/C13H22N6O4/c1-3-5-7-22-12(20)15-9-10(14)17-19-18-11(9)16-13(21)23-8-6-4-2/h3-8H2,1-2H3,(H,15,19,20)(H3,14,16,17,18,21). The molecule has 10 nitrogen and oxygen atoms in total. The highest BCUT2D eigenvalue weighted by Crippen LogP contribution is 2.23. The molecule has 0 saturated heterocycles. The molecule has 1 aromatic heterocycles. The Hall–Kier alpha value is -2.65. The van der Waals surface area contributed by atoms with E-state index < -0.39 is 12.2 Å². The van der Waals surface area contributed by atoms with E-state index in [0.29, 0.717) is 0 Å². The van der Waals surface area contributed by atoms with Crippen molar-refractivity contribution in [2.45, 2.75) is 39.5 Å². The van der Waals surface area contributed by atoms with Crippen LogP contribution in [0, 0.1) is 0 Å². The van der Waals surface area contributed by atoms with E-state index in [2.05, 4.69) is 26.0 Å². The Kier molecular flexibility index (Phi) is 8.11. The van der Waals surface area contributed by atoms with E-state index in [9.17, 15) is 9.59 Å². The predicted octanol–water partition coefficient (Wildman–Crippen LogP) is 2.15. The number of carbonyl (C=O) groups is 2. The second kappa shape index (κ2) is 10.1. The Labute approximate surface area is 134 Å². The fourth-order valence-electron chi connectivity index (χ4n) is 1.44. The van der Waals surface area contributed by atoms with Crippen molar-refractivity contribution in [2.24, 2.45) is 0 Å². The van der Waals surface area contributed by atoms with Gasteiger partial charge in [-0.2, -0.15) is 0 Å². The Balaban J connectivity index is 2.67. The van der Waals surface area contributed by atoms with Crippen LogP contribution >= 0.6 is 0 Å². The lowest BCUT2D eigenvalue weighted by Gasteiger charge is -2.12. The van der Waals surface area contributed by atoms with Gasteiger partial charge in [-0.1, -0.05) is 26.7 Å². The Bertz CT molecular complexity index is 525. The molecule has 23 heavy (non-hydrogen) atoms. The number of aromatic nitrogens is 3. The highest BCUT2D eigenvalue weighted by Gasteiger charge is 2.17. The first-order valence-corrected chi connectivity index (χ1v) is 7.44. The molecule has 0 bridgehead atoms. The Morgan fingerprint density at radius 3 is 2.13 bits per heavy atom. The maximum atomic E-state index is 11.7. The number of carbonyl (C=O) groups excluding carboxylic acids is 2. The van der Waals surface area contributed by atoms with Gasteiger partial charge in [-0.05, 0) is 18.1 Å². The molecule has 1 aromatic rings. The summed E-state index contributed by atoms with van der Waals surface area (Å²) in [6.45, 7) is 4.50. The number of unbranched alkanes of at least 4 members (excludes halogenated alkanes) is 2. The summed E-state index contributed by atoms with van der Waals surface area (Å²) in [7, 11) is 0. The highest BCUT2D eigenvalue weighted by molar-refractivity contribution is 5.96. The van der Waals surface area contributed by atoms with Gasteiger partial charge in [0.25, 0.3) is 0 Å². The Morgan fingerprint density at radius 2 is 1.57 bits per heavy atom. The van der Waals surface area contributed by atoms with E-state index in [4.69, 9.17) is 15.2 Å². The molecular weight excluding hydrogens is 304 g/mol. The van der Waals surface area contributed by atoms with E-state index in [0.717, 1.165) is 25.7 Å². The molecule has 4 N–H and O–H groups in total. The zero-order valence-electron chi connectivity index (χ0n) is 13.3. The van der Waals surface area contributed by atoms with E-state index >= 15 is 0 Å². The van der Waals surface area contributed by atoms with Crippen molar-refractivity contribution in [1.82, 2.24) is 15.4 Å². The molecule has 0 aliphatic carbocycles. The fourth-order valence-corrected chi connectivity index (χ4v) is 1.44. The molecule has 0 aliphatic heterocycles. The number of hydrogen-bond acceptors (Lipinski definition) is 8. The second-order valence-electron chi connectivity index (χ2n) is 4.63.